The van der Waals surface area contributed by atoms with E-state index in [1.54, 1.807) is 36.0 Å². The Morgan fingerprint density at radius 1 is 1.14 bits per heavy atom. The molecule has 1 aromatic carbocycles. The number of anilines is 1. The van der Waals surface area contributed by atoms with Crippen molar-refractivity contribution in [3.05, 3.63) is 80.4 Å². The molecule has 0 saturated heterocycles. The van der Waals surface area contributed by atoms with Gasteiger partial charge in [-0.05, 0) is 56.7 Å². The number of halogens is 1. The minimum absolute atomic E-state index is 0.0795. The first kappa shape index (κ1) is 23.5. The van der Waals surface area contributed by atoms with Gasteiger partial charge in [0, 0.05) is 18.2 Å². The summed E-state index contributed by atoms with van der Waals surface area (Å²) in [6.45, 7) is 5.47. The normalized spacial score (nSPS) is 12.2. The standard InChI is InChI=1S/C26H22ClN5O4/c1-12-9-15(14(3)28-18-7-8-21(27)30-22(18)26(34)35)25-16(10-12)23(33)13(2)24(36-25)19-6-5-17-20(29-19)11-32(4)31-17/h5-11,14,28H,1-4H3,(H,34,35). The van der Waals surface area contributed by atoms with Gasteiger partial charge in [0.25, 0.3) is 0 Å². The van der Waals surface area contributed by atoms with Crippen LogP contribution in [0.1, 0.15) is 40.1 Å². The largest absolute Gasteiger partial charge is 0.476 e. The summed E-state index contributed by atoms with van der Waals surface area (Å²) in [7, 11) is 1.82. The minimum Gasteiger partial charge on any atom is -0.476 e. The summed E-state index contributed by atoms with van der Waals surface area (Å²) in [6, 6.07) is 9.96. The Morgan fingerprint density at radius 2 is 1.92 bits per heavy atom. The molecule has 1 unspecified atom stereocenters. The number of carbonyl (C=O) groups is 1. The maximum atomic E-state index is 13.4. The van der Waals surface area contributed by atoms with Crippen LogP contribution < -0.4 is 10.7 Å². The third-order valence-corrected chi connectivity index (χ3v) is 6.21. The predicted octanol–water partition coefficient (Wildman–Crippen LogP) is 5.28. The van der Waals surface area contributed by atoms with Crippen molar-refractivity contribution in [1.29, 1.82) is 0 Å². The molecule has 10 heteroatoms. The number of fused-ring (bicyclic) bond motifs is 2. The van der Waals surface area contributed by atoms with Gasteiger partial charge in [-0.1, -0.05) is 17.7 Å². The van der Waals surface area contributed by atoms with Crippen molar-refractivity contribution in [2.45, 2.75) is 26.8 Å². The van der Waals surface area contributed by atoms with Crippen molar-refractivity contribution in [2.75, 3.05) is 5.32 Å². The molecule has 0 saturated carbocycles. The maximum Gasteiger partial charge on any atom is 0.356 e. The van der Waals surface area contributed by atoms with Crippen LogP contribution in [0.15, 0.2) is 51.8 Å². The van der Waals surface area contributed by atoms with Gasteiger partial charge in [0.05, 0.1) is 23.3 Å². The van der Waals surface area contributed by atoms with E-state index in [0.29, 0.717) is 44.8 Å². The molecule has 9 nitrogen and oxygen atoms in total. The molecule has 0 aliphatic rings. The fourth-order valence-electron chi connectivity index (χ4n) is 4.31. The summed E-state index contributed by atoms with van der Waals surface area (Å²) in [5.41, 5.74) is 4.30. The number of hydrogen-bond acceptors (Lipinski definition) is 7. The molecule has 0 amide bonds. The highest BCUT2D eigenvalue weighted by Gasteiger charge is 2.21. The number of aromatic carboxylic acids is 1. The highest BCUT2D eigenvalue weighted by atomic mass is 35.5. The topological polar surface area (TPSA) is 123 Å². The molecule has 1 atom stereocenters. The highest BCUT2D eigenvalue weighted by Crippen LogP contribution is 2.32. The molecule has 5 aromatic rings. The van der Waals surface area contributed by atoms with Gasteiger partial charge in [0.2, 0.25) is 0 Å². The number of hydrogen-bond donors (Lipinski definition) is 2. The number of aryl methyl sites for hydroxylation is 2. The van der Waals surface area contributed by atoms with E-state index in [-0.39, 0.29) is 16.3 Å². The smallest absolute Gasteiger partial charge is 0.356 e. The molecule has 0 aliphatic heterocycles. The molecule has 0 spiro atoms. The Labute approximate surface area is 210 Å². The van der Waals surface area contributed by atoms with Crippen LogP contribution in [0.4, 0.5) is 5.69 Å². The second kappa shape index (κ2) is 8.76. The number of nitrogens with zero attached hydrogens (tertiary/aromatic N) is 4. The summed E-state index contributed by atoms with van der Waals surface area (Å²) in [5.74, 6) is -0.836. The number of carboxylic acid groups (broad SMARTS) is 1. The van der Waals surface area contributed by atoms with Gasteiger partial charge < -0.3 is 14.8 Å². The Balaban J connectivity index is 1.67. The second-order valence-corrected chi connectivity index (χ2v) is 9.11. The molecular weight excluding hydrogens is 482 g/mol. The van der Waals surface area contributed by atoms with Gasteiger partial charge >= 0.3 is 5.97 Å². The molecule has 2 N–H and O–H groups in total. The van der Waals surface area contributed by atoms with E-state index in [9.17, 15) is 14.7 Å². The Morgan fingerprint density at radius 3 is 2.67 bits per heavy atom. The Kier molecular flexibility index (Phi) is 5.72. The number of benzene rings is 1. The second-order valence-electron chi connectivity index (χ2n) is 8.72. The monoisotopic (exact) mass is 503 g/mol. The lowest BCUT2D eigenvalue weighted by Crippen LogP contribution is -2.14. The highest BCUT2D eigenvalue weighted by molar-refractivity contribution is 6.29. The average Bonchev–Trinajstić information content (AvgIpc) is 3.21. The van der Waals surface area contributed by atoms with Crippen LogP contribution in [-0.2, 0) is 7.05 Å². The fraction of sp³-hybridized carbons (Fsp3) is 0.192. The number of rotatable bonds is 5. The minimum atomic E-state index is -1.21. The lowest BCUT2D eigenvalue weighted by molar-refractivity contribution is 0.0691. The van der Waals surface area contributed by atoms with Gasteiger partial charge in [-0.2, -0.15) is 5.10 Å². The number of carboxylic acids is 1. The predicted molar refractivity (Wildman–Crippen MR) is 138 cm³/mol. The Hall–Kier alpha value is -4.24. The quantitative estimate of drug-likeness (QED) is 0.310. The van der Waals surface area contributed by atoms with Crippen LogP contribution in [0.25, 0.3) is 33.5 Å². The van der Waals surface area contributed by atoms with Crippen LogP contribution in [-0.4, -0.2) is 30.8 Å². The number of pyridine rings is 2. The zero-order valence-corrected chi connectivity index (χ0v) is 20.7. The van der Waals surface area contributed by atoms with E-state index >= 15 is 0 Å². The molecular formula is C26H22ClN5O4. The van der Waals surface area contributed by atoms with Crippen LogP contribution >= 0.6 is 11.6 Å². The van der Waals surface area contributed by atoms with Crippen molar-refractivity contribution in [3.8, 4) is 11.5 Å². The molecule has 4 aromatic heterocycles. The lowest BCUT2D eigenvalue weighted by atomic mass is 9.99. The van der Waals surface area contributed by atoms with E-state index in [1.807, 2.05) is 33.0 Å². The van der Waals surface area contributed by atoms with Crippen molar-refractivity contribution in [2.24, 2.45) is 7.05 Å². The third-order valence-electron chi connectivity index (χ3n) is 6.00. The lowest BCUT2D eigenvalue weighted by Gasteiger charge is -2.19. The van der Waals surface area contributed by atoms with Gasteiger partial charge in [-0.15, -0.1) is 0 Å². The van der Waals surface area contributed by atoms with E-state index in [4.69, 9.17) is 16.0 Å². The van der Waals surface area contributed by atoms with Crippen molar-refractivity contribution >= 4 is 45.3 Å². The fourth-order valence-corrected chi connectivity index (χ4v) is 4.46. The van der Waals surface area contributed by atoms with Gasteiger partial charge in [-0.25, -0.2) is 14.8 Å². The van der Waals surface area contributed by atoms with Crippen molar-refractivity contribution in [3.63, 3.8) is 0 Å². The molecule has 36 heavy (non-hydrogen) atoms. The summed E-state index contributed by atoms with van der Waals surface area (Å²) < 4.78 is 8.05. The van der Waals surface area contributed by atoms with Crippen LogP contribution in [0.2, 0.25) is 5.15 Å². The van der Waals surface area contributed by atoms with Crippen molar-refractivity contribution < 1.29 is 14.3 Å². The zero-order chi connectivity index (χ0) is 25.7. The first-order chi connectivity index (χ1) is 17.1. The van der Waals surface area contributed by atoms with Gasteiger partial charge in [0.15, 0.2) is 16.9 Å². The van der Waals surface area contributed by atoms with E-state index in [0.717, 1.165) is 11.1 Å². The average molecular weight is 504 g/mol. The first-order valence-corrected chi connectivity index (χ1v) is 11.5. The zero-order valence-electron chi connectivity index (χ0n) is 20.0. The molecule has 0 aliphatic carbocycles. The van der Waals surface area contributed by atoms with Gasteiger partial charge in [-0.3, -0.25) is 9.48 Å². The number of nitrogens with one attached hydrogen (secondary N) is 1. The summed E-state index contributed by atoms with van der Waals surface area (Å²) in [6.07, 6.45) is 1.80. The molecule has 0 radical (unpaired) electrons. The Bertz CT molecular complexity index is 1740. The SMILES string of the molecule is Cc1cc(C(C)Nc2ccc(Cl)nc2C(=O)O)c2oc(-c3ccc4nn(C)cc4n3)c(C)c(=O)c2c1. The first-order valence-electron chi connectivity index (χ1n) is 11.2. The van der Waals surface area contributed by atoms with Crippen LogP contribution in [0, 0.1) is 13.8 Å². The third kappa shape index (κ3) is 4.07. The summed E-state index contributed by atoms with van der Waals surface area (Å²) in [5, 5.41) is 17.6. The van der Waals surface area contributed by atoms with Gasteiger partial charge in [0.1, 0.15) is 27.5 Å². The maximum absolute atomic E-state index is 13.4. The van der Waals surface area contributed by atoms with Crippen LogP contribution in [0.3, 0.4) is 0 Å². The van der Waals surface area contributed by atoms with Crippen LogP contribution in [0.5, 0.6) is 0 Å². The molecule has 0 bridgehead atoms. The molecule has 4 heterocycles. The van der Waals surface area contributed by atoms with E-state index < -0.39 is 12.0 Å². The van der Waals surface area contributed by atoms with E-state index in [2.05, 4.69) is 20.4 Å². The molecule has 5 rings (SSSR count). The van der Waals surface area contributed by atoms with E-state index in [1.165, 1.54) is 6.07 Å². The van der Waals surface area contributed by atoms with Crippen molar-refractivity contribution in [1.82, 2.24) is 19.7 Å². The summed E-state index contributed by atoms with van der Waals surface area (Å²) >= 11 is 5.90. The number of aromatic nitrogens is 4. The summed E-state index contributed by atoms with van der Waals surface area (Å²) in [4.78, 5) is 33.7. The molecule has 0 fully saturated rings. The molecule has 182 valence electrons.